The number of carbonyl (C=O) groups is 2. The minimum Gasteiger partial charge on any atom is -0.493 e. The van der Waals surface area contributed by atoms with Crippen molar-refractivity contribution in [1.82, 2.24) is 4.98 Å². The number of thiazole rings is 1. The van der Waals surface area contributed by atoms with E-state index in [4.69, 9.17) is 14.2 Å². The van der Waals surface area contributed by atoms with Crippen molar-refractivity contribution in [3.05, 3.63) is 34.8 Å². The zero-order valence-corrected chi connectivity index (χ0v) is 17.4. The molecule has 1 aromatic carbocycles. The van der Waals surface area contributed by atoms with E-state index >= 15 is 0 Å². The first-order valence-electron chi connectivity index (χ1n) is 8.78. The highest BCUT2D eigenvalue weighted by molar-refractivity contribution is 7.13. The number of rotatable bonds is 10. The van der Waals surface area contributed by atoms with Gasteiger partial charge >= 0.3 is 11.9 Å². The number of nitrogens with one attached hydrogen (secondary N) is 1. The predicted octanol–water partition coefficient (Wildman–Crippen LogP) is 2.64. The second kappa shape index (κ2) is 11.0. The number of ether oxygens (including phenoxy) is 4. The number of methoxy groups -OCH3 is 2. The molecule has 1 unspecified atom stereocenters. The third-order valence-electron chi connectivity index (χ3n) is 3.58. The van der Waals surface area contributed by atoms with Crippen molar-refractivity contribution in [2.75, 3.05) is 26.3 Å². The summed E-state index contributed by atoms with van der Waals surface area (Å²) in [6.45, 7) is 3.69. The molecule has 0 spiro atoms. The summed E-state index contributed by atoms with van der Waals surface area (Å²) in [5.41, 5.74) is 4.18. The molecule has 156 valence electrons. The van der Waals surface area contributed by atoms with Crippen LogP contribution in [0.15, 0.2) is 28.7 Å². The fourth-order valence-corrected chi connectivity index (χ4v) is 2.89. The van der Waals surface area contributed by atoms with Gasteiger partial charge in [0.2, 0.25) is 5.13 Å². The second-order valence-electron chi connectivity index (χ2n) is 5.69. The van der Waals surface area contributed by atoms with Crippen LogP contribution in [-0.4, -0.2) is 50.1 Å². The van der Waals surface area contributed by atoms with Gasteiger partial charge in [0.25, 0.3) is 0 Å². The topological polar surface area (TPSA) is 108 Å². The van der Waals surface area contributed by atoms with Crippen molar-refractivity contribution in [3.63, 3.8) is 0 Å². The van der Waals surface area contributed by atoms with Crippen molar-refractivity contribution in [2.24, 2.45) is 5.10 Å². The van der Waals surface area contributed by atoms with E-state index in [1.807, 2.05) is 0 Å². The highest BCUT2D eigenvalue weighted by atomic mass is 32.1. The molecule has 1 atom stereocenters. The van der Waals surface area contributed by atoms with Crippen LogP contribution in [0.5, 0.6) is 11.5 Å². The maximum Gasteiger partial charge on any atom is 0.346 e. The average molecular weight is 421 g/mol. The van der Waals surface area contributed by atoms with Gasteiger partial charge in [-0.25, -0.2) is 9.78 Å². The van der Waals surface area contributed by atoms with Crippen LogP contribution in [0.4, 0.5) is 5.13 Å². The lowest BCUT2D eigenvalue weighted by Gasteiger charge is -2.15. The minimum absolute atomic E-state index is 0.123. The first kappa shape index (κ1) is 22.2. The summed E-state index contributed by atoms with van der Waals surface area (Å²) in [5, 5.41) is 6.46. The van der Waals surface area contributed by atoms with Gasteiger partial charge in [-0.15, -0.1) is 11.3 Å². The molecule has 29 heavy (non-hydrogen) atoms. The summed E-state index contributed by atoms with van der Waals surface area (Å²) >= 11 is 1.33. The van der Waals surface area contributed by atoms with Crippen LogP contribution in [-0.2, 0) is 25.5 Å². The van der Waals surface area contributed by atoms with Crippen LogP contribution in [0, 0.1) is 0 Å². The SMILES string of the molecule is CCOC(=O)Cc1csc(NN=Cc2ccc(OC(C)C(=O)OC)c(OC)c2)n1. The van der Waals surface area contributed by atoms with E-state index in [2.05, 4.69) is 20.2 Å². The Kier molecular flexibility index (Phi) is 8.41. The second-order valence-corrected chi connectivity index (χ2v) is 6.55. The molecule has 0 aliphatic rings. The van der Waals surface area contributed by atoms with Crippen molar-refractivity contribution in [2.45, 2.75) is 26.4 Å². The lowest BCUT2D eigenvalue weighted by molar-refractivity contribution is -0.148. The zero-order valence-electron chi connectivity index (χ0n) is 16.6. The first-order chi connectivity index (χ1) is 14.0. The van der Waals surface area contributed by atoms with E-state index in [9.17, 15) is 9.59 Å². The Morgan fingerprint density at radius 1 is 1.31 bits per heavy atom. The molecule has 0 saturated heterocycles. The van der Waals surface area contributed by atoms with E-state index in [1.165, 1.54) is 25.6 Å². The van der Waals surface area contributed by atoms with Crippen molar-refractivity contribution >= 4 is 34.6 Å². The molecule has 10 heteroatoms. The van der Waals surface area contributed by atoms with Crippen LogP contribution in [0.1, 0.15) is 25.1 Å². The number of aromatic nitrogens is 1. The van der Waals surface area contributed by atoms with Crippen molar-refractivity contribution in [1.29, 1.82) is 0 Å². The summed E-state index contributed by atoms with van der Waals surface area (Å²) < 4.78 is 20.4. The molecule has 9 nitrogen and oxygen atoms in total. The standard InChI is InChI=1S/C19H23N3O6S/c1-5-27-17(23)9-14-11-29-19(21-14)22-20-10-13-6-7-15(16(8-13)25-3)28-12(2)18(24)26-4/h6-8,10-12H,5,9H2,1-4H3,(H,21,22). The molecule has 1 heterocycles. The quantitative estimate of drug-likeness (QED) is 0.354. The van der Waals surface area contributed by atoms with Gasteiger partial charge in [0.1, 0.15) is 0 Å². The number of nitrogens with zero attached hydrogens (tertiary/aromatic N) is 2. The first-order valence-corrected chi connectivity index (χ1v) is 9.66. The monoisotopic (exact) mass is 421 g/mol. The van der Waals surface area contributed by atoms with E-state index in [0.29, 0.717) is 28.9 Å². The molecular weight excluding hydrogens is 398 g/mol. The Balaban J connectivity index is 1.98. The Labute approximate surface area is 172 Å². The maximum atomic E-state index is 11.5. The number of anilines is 1. The summed E-state index contributed by atoms with van der Waals surface area (Å²) in [6.07, 6.45) is 0.949. The van der Waals surface area contributed by atoms with Gasteiger partial charge in [-0.1, -0.05) is 0 Å². The number of hydrogen-bond acceptors (Lipinski definition) is 10. The van der Waals surface area contributed by atoms with Gasteiger partial charge < -0.3 is 18.9 Å². The minimum atomic E-state index is -0.760. The third kappa shape index (κ3) is 6.75. The summed E-state index contributed by atoms with van der Waals surface area (Å²) in [6, 6.07) is 5.17. The maximum absolute atomic E-state index is 11.5. The van der Waals surface area contributed by atoms with Crippen LogP contribution in [0.2, 0.25) is 0 Å². The van der Waals surface area contributed by atoms with Crippen LogP contribution in [0.3, 0.4) is 0 Å². The normalized spacial score (nSPS) is 11.7. The van der Waals surface area contributed by atoms with Gasteiger partial charge in [-0.2, -0.15) is 5.10 Å². The molecule has 0 aliphatic heterocycles. The van der Waals surface area contributed by atoms with E-state index in [0.717, 1.165) is 5.56 Å². The summed E-state index contributed by atoms with van der Waals surface area (Å²) in [4.78, 5) is 27.3. The Bertz CT molecular complexity index is 867. The molecule has 1 N–H and O–H groups in total. The Morgan fingerprint density at radius 2 is 2.10 bits per heavy atom. The van der Waals surface area contributed by atoms with Crippen LogP contribution < -0.4 is 14.9 Å². The predicted molar refractivity (Wildman–Crippen MR) is 109 cm³/mol. The number of carbonyl (C=O) groups excluding carboxylic acids is 2. The molecular formula is C19H23N3O6S. The molecule has 2 rings (SSSR count). The number of esters is 2. The summed E-state index contributed by atoms with van der Waals surface area (Å²) in [5.74, 6) is 0.0751. The molecule has 0 amide bonds. The smallest absolute Gasteiger partial charge is 0.346 e. The molecule has 0 fully saturated rings. The fraction of sp³-hybridized carbons (Fsp3) is 0.368. The van der Waals surface area contributed by atoms with Crippen molar-refractivity contribution in [3.8, 4) is 11.5 Å². The molecule has 2 aromatic rings. The van der Waals surface area contributed by atoms with Gasteiger partial charge in [-0.3, -0.25) is 10.2 Å². The largest absolute Gasteiger partial charge is 0.493 e. The Morgan fingerprint density at radius 3 is 2.79 bits per heavy atom. The molecule has 0 bridgehead atoms. The molecule has 0 aliphatic carbocycles. The van der Waals surface area contributed by atoms with E-state index < -0.39 is 12.1 Å². The highest BCUT2D eigenvalue weighted by Crippen LogP contribution is 2.28. The highest BCUT2D eigenvalue weighted by Gasteiger charge is 2.17. The number of benzene rings is 1. The van der Waals surface area contributed by atoms with E-state index in [-0.39, 0.29) is 12.4 Å². The summed E-state index contributed by atoms with van der Waals surface area (Å²) in [7, 11) is 2.80. The van der Waals surface area contributed by atoms with Crippen LogP contribution in [0.25, 0.3) is 0 Å². The average Bonchev–Trinajstić information content (AvgIpc) is 3.15. The third-order valence-corrected chi connectivity index (χ3v) is 4.38. The van der Waals surface area contributed by atoms with Gasteiger partial charge in [0, 0.05) is 5.38 Å². The van der Waals surface area contributed by atoms with Gasteiger partial charge in [0.05, 0.1) is 39.2 Å². The lowest BCUT2D eigenvalue weighted by atomic mass is 10.2. The van der Waals surface area contributed by atoms with Crippen LogP contribution >= 0.6 is 11.3 Å². The zero-order chi connectivity index (χ0) is 21.2. The van der Waals surface area contributed by atoms with Gasteiger partial charge in [0.15, 0.2) is 17.6 Å². The number of hydrogen-bond donors (Lipinski definition) is 1. The van der Waals surface area contributed by atoms with E-state index in [1.54, 1.807) is 43.6 Å². The molecule has 0 saturated carbocycles. The number of hydrazone groups is 1. The Hall–Kier alpha value is -3.14. The van der Waals surface area contributed by atoms with Crippen molar-refractivity contribution < 1.29 is 28.5 Å². The van der Waals surface area contributed by atoms with Gasteiger partial charge in [-0.05, 0) is 37.6 Å². The molecule has 0 radical (unpaired) electrons. The fourth-order valence-electron chi connectivity index (χ4n) is 2.23. The lowest BCUT2D eigenvalue weighted by Crippen LogP contribution is -2.25. The molecule has 1 aromatic heterocycles.